The number of nitrogens with zero attached hydrogens (tertiary/aromatic N) is 3. The molecule has 2 fully saturated rings. The first-order valence-electron chi connectivity index (χ1n) is 13.1. The first-order chi connectivity index (χ1) is 18.4. The fourth-order valence-electron chi connectivity index (χ4n) is 5.85. The number of aromatic nitrogens is 2. The maximum Gasteiger partial charge on any atom is 0.272 e. The number of carbonyl (C=O) groups excluding carboxylic acids is 2. The summed E-state index contributed by atoms with van der Waals surface area (Å²) in [6, 6.07) is 8.80. The van der Waals surface area contributed by atoms with Crippen LogP contribution in [0.5, 0.6) is 5.75 Å². The Morgan fingerprint density at radius 3 is 2.53 bits per heavy atom. The van der Waals surface area contributed by atoms with E-state index in [4.69, 9.17) is 4.74 Å². The number of amides is 2. The summed E-state index contributed by atoms with van der Waals surface area (Å²) in [6.07, 6.45) is 3.36. The van der Waals surface area contributed by atoms with E-state index < -0.39 is 17.3 Å². The second kappa shape index (κ2) is 9.50. The number of carbonyl (C=O) groups is 2. The van der Waals surface area contributed by atoms with Gasteiger partial charge in [0.1, 0.15) is 17.1 Å². The van der Waals surface area contributed by atoms with Crippen LogP contribution < -0.4 is 15.6 Å². The number of aromatic amines is 1. The molecule has 10 heteroatoms. The fourth-order valence-corrected chi connectivity index (χ4v) is 5.85. The molecule has 198 valence electrons. The zero-order valence-electron chi connectivity index (χ0n) is 21.3. The molecule has 38 heavy (non-hydrogen) atoms. The Hall–Kier alpha value is -3.79. The number of hydrogen-bond acceptors (Lipinski definition) is 6. The van der Waals surface area contributed by atoms with Crippen LogP contribution in [0.15, 0.2) is 35.1 Å². The smallest absolute Gasteiger partial charge is 0.272 e. The molecule has 0 radical (unpaired) electrons. The lowest BCUT2D eigenvalue weighted by Crippen LogP contribution is -2.63. The SMILES string of the molecule is CNC1(C(=O)N2CCN(C(=O)c3c(F)c(Cc4n[nH]c(=O)c5ccccc45)cc4c3OCC4)CC2)CCC1. The highest BCUT2D eigenvalue weighted by Crippen LogP contribution is 2.37. The molecule has 3 heterocycles. The van der Waals surface area contributed by atoms with Crippen molar-refractivity contribution in [2.75, 3.05) is 39.8 Å². The Balaban J connectivity index is 1.27. The number of piperazine rings is 1. The molecular formula is C28H30FN5O4. The number of nitrogens with one attached hydrogen (secondary N) is 2. The second-order valence-electron chi connectivity index (χ2n) is 10.3. The van der Waals surface area contributed by atoms with Crippen LogP contribution >= 0.6 is 0 Å². The number of likely N-dealkylation sites (N-methyl/N-ethyl adjacent to an activating group) is 1. The van der Waals surface area contributed by atoms with Crippen molar-refractivity contribution in [3.05, 3.63) is 68.9 Å². The van der Waals surface area contributed by atoms with Crippen LogP contribution in [0.1, 0.15) is 46.4 Å². The average Bonchev–Trinajstić information content (AvgIpc) is 3.38. The zero-order valence-corrected chi connectivity index (χ0v) is 21.3. The quantitative estimate of drug-likeness (QED) is 0.534. The van der Waals surface area contributed by atoms with Crippen LogP contribution in [0.2, 0.25) is 0 Å². The van der Waals surface area contributed by atoms with Gasteiger partial charge in [-0.25, -0.2) is 9.49 Å². The predicted octanol–water partition coefficient (Wildman–Crippen LogP) is 2.01. The van der Waals surface area contributed by atoms with Crippen molar-refractivity contribution in [1.82, 2.24) is 25.3 Å². The van der Waals surface area contributed by atoms with Gasteiger partial charge in [-0.3, -0.25) is 14.4 Å². The second-order valence-corrected chi connectivity index (χ2v) is 10.3. The van der Waals surface area contributed by atoms with Gasteiger partial charge in [0.2, 0.25) is 5.91 Å². The predicted molar refractivity (Wildman–Crippen MR) is 139 cm³/mol. The van der Waals surface area contributed by atoms with Crippen molar-refractivity contribution in [3.8, 4) is 5.75 Å². The highest BCUT2D eigenvalue weighted by molar-refractivity contribution is 5.98. The van der Waals surface area contributed by atoms with E-state index in [1.807, 2.05) is 13.1 Å². The van der Waals surface area contributed by atoms with E-state index in [9.17, 15) is 14.4 Å². The summed E-state index contributed by atoms with van der Waals surface area (Å²) in [5.74, 6) is -0.676. The van der Waals surface area contributed by atoms with Crippen LogP contribution in [0.25, 0.3) is 10.8 Å². The molecule has 1 aliphatic carbocycles. The van der Waals surface area contributed by atoms with E-state index in [0.717, 1.165) is 24.8 Å². The van der Waals surface area contributed by atoms with Gasteiger partial charge < -0.3 is 19.9 Å². The molecule has 3 aromatic rings. The van der Waals surface area contributed by atoms with E-state index in [2.05, 4.69) is 15.5 Å². The number of fused-ring (bicyclic) bond motifs is 2. The van der Waals surface area contributed by atoms with Crippen molar-refractivity contribution < 1.29 is 18.7 Å². The molecule has 1 aromatic heterocycles. The molecule has 0 bridgehead atoms. The molecule has 0 atom stereocenters. The maximum atomic E-state index is 16.1. The Morgan fingerprint density at radius 1 is 1.13 bits per heavy atom. The van der Waals surface area contributed by atoms with Gasteiger partial charge in [0.15, 0.2) is 0 Å². The van der Waals surface area contributed by atoms with Crippen molar-refractivity contribution in [1.29, 1.82) is 0 Å². The lowest BCUT2D eigenvalue weighted by molar-refractivity contribution is -0.143. The average molecular weight is 520 g/mol. The molecule has 0 spiro atoms. The first-order valence-corrected chi connectivity index (χ1v) is 13.1. The molecule has 9 nitrogen and oxygen atoms in total. The lowest BCUT2D eigenvalue weighted by atomic mass is 9.75. The molecule has 3 aliphatic rings. The number of ether oxygens (including phenoxy) is 1. The van der Waals surface area contributed by atoms with Gasteiger partial charge in [-0.05, 0) is 49.6 Å². The third kappa shape index (κ3) is 3.94. The van der Waals surface area contributed by atoms with Crippen molar-refractivity contribution in [2.45, 2.75) is 37.6 Å². The molecule has 6 rings (SSSR count). The summed E-state index contributed by atoms with van der Waals surface area (Å²) < 4.78 is 21.8. The third-order valence-electron chi connectivity index (χ3n) is 8.28. The minimum atomic E-state index is -0.630. The van der Waals surface area contributed by atoms with Gasteiger partial charge in [0, 0.05) is 44.4 Å². The van der Waals surface area contributed by atoms with Crippen LogP contribution in [0, 0.1) is 5.82 Å². The van der Waals surface area contributed by atoms with Gasteiger partial charge in [-0.1, -0.05) is 18.2 Å². The maximum absolute atomic E-state index is 16.1. The number of benzene rings is 2. The largest absolute Gasteiger partial charge is 0.492 e. The van der Waals surface area contributed by atoms with E-state index in [-0.39, 0.29) is 23.5 Å². The molecule has 0 unspecified atom stereocenters. The summed E-state index contributed by atoms with van der Waals surface area (Å²) >= 11 is 0. The monoisotopic (exact) mass is 519 g/mol. The Bertz CT molecular complexity index is 1490. The zero-order chi connectivity index (χ0) is 26.4. The lowest BCUT2D eigenvalue weighted by Gasteiger charge is -2.45. The molecule has 2 N–H and O–H groups in total. The van der Waals surface area contributed by atoms with Crippen molar-refractivity contribution >= 4 is 22.6 Å². The van der Waals surface area contributed by atoms with Gasteiger partial charge in [0.05, 0.1) is 23.2 Å². The van der Waals surface area contributed by atoms with Gasteiger partial charge in [-0.2, -0.15) is 5.10 Å². The number of rotatable bonds is 5. The van der Waals surface area contributed by atoms with Gasteiger partial charge in [-0.15, -0.1) is 0 Å². The van der Waals surface area contributed by atoms with Crippen LogP contribution in [0.4, 0.5) is 4.39 Å². The minimum absolute atomic E-state index is 0.0609. The molecule has 1 saturated heterocycles. The summed E-state index contributed by atoms with van der Waals surface area (Å²) in [7, 11) is 1.82. The van der Waals surface area contributed by atoms with Crippen molar-refractivity contribution in [2.24, 2.45) is 0 Å². The summed E-state index contributed by atoms with van der Waals surface area (Å²) in [5.41, 5.74) is 0.789. The number of hydrogen-bond donors (Lipinski definition) is 2. The van der Waals surface area contributed by atoms with Gasteiger partial charge in [0.25, 0.3) is 11.5 Å². The Labute approximate surface area is 219 Å². The van der Waals surface area contributed by atoms with E-state index in [0.29, 0.717) is 67.0 Å². The third-order valence-corrected chi connectivity index (χ3v) is 8.28. The van der Waals surface area contributed by atoms with Gasteiger partial charge >= 0.3 is 0 Å². The molecule has 2 aromatic carbocycles. The summed E-state index contributed by atoms with van der Waals surface area (Å²) in [4.78, 5) is 42.3. The van der Waals surface area contributed by atoms with E-state index in [1.54, 1.807) is 34.1 Å². The Morgan fingerprint density at radius 2 is 1.84 bits per heavy atom. The number of halogens is 1. The Kier molecular flexibility index (Phi) is 6.14. The fraction of sp³-hybridized carbons (Fsp3) is 0.429. The highest BCUT2D eigenvalue weighted by atomic mass is 19.1. The summed E-state index contributed by atoms with van der Waals surface area (Å²) in [6.45, 7) is 1.86. The minimum Gasteiger partial charge on any atom is -0.492 e. The van der Waals surface area contributed by atoms with E-state index in [1.165, 1.54) is 0 Å². The normalized spacial score (nSPS) is 18.2. The standard InChI is InChI=1S/C28H30FN5O4/c1-30-28(8-4-9-28)27(37)34-12-10-33(11-13-34)26(36)22-23(29)18(15-17-7-14-38-24(17)22)16-21-19-5-2-3-6-20(19)25(35)32-31-21/h2-3,5-6,15,30H,4,7-14,16H2,1H3,(H,32,35). The topological polar surface area (TPSA) is 108 Å². The molecule has 1 saturated carbocycles. The first kappa shape index (κ1) is 24.5. The summed E-state index contributed by atoms with van der Waals surface area (Å²) in [5, 5.41) is 11.0. The number of H-pyrrole nitrogens is 1. The van der Waals surface area contributed by atoms with Crippen LogP contribution in [-0.2, 0) is 17.6 Å². The molecular weight excluding hydrogens is 489 g/mol. The van der Waals surface area contributed by atoms with Crippen LogP contribution in [0.3, 0.4) is 0 Å². The van der Waals surface area contributed by atoms with Crippen molar-refractivity contribution in [3.63, 3.8) is 0 Å². The van der Waals surface area contributed by atoms with Crippen LogP contribution in [-0.4, -0.2) is 77.2 Å². The highest BCUT2D eigenvalue weighted by Gasteiger charge is 2.45. The van der Waals surface area contributed by atoms with E-state index >= 15 is 4.39 Å². The molecule has 2 aliphatic heterocycles. The molecule has 2 amide bonds.